The third kappa shape index (κ3) is 5.42. The molecule has 1 aromatic rings. The van der Waals surface area contributed by atoms with Gasteiger partial charge in [0, 0.05) is 11.0 Å². The Morgan fingerprint density at radius 1 is 1.26 bits per heavy atom. The second-order valence-corrected chi connectivity index (χ2v) is 5.72. The molecule has 0 heterocycles. The van der Waals surface area contributed by atoms with Crippen molar-refractivity contribution >= 4 is 27.7 Å². The van der Waals surface area contributed by atoms with Crippen molar-refractivity contribution in [3.63, 3.8) is 0 Å². The average molecular weight is 327 g/mol. The number of amides is 2. The predicted octanol–water partition coefficient (Wildman–Crippen LogP) is 2.26. The summed E-state index contributed by atoms with van der Waals surface area (Å²) < 4.78 is 0.729. The fourth-order valence-electron chi connectivity index (χ4n) is 1.44. The van der Waals surface area contributed by atoms with Gasteiger partial charge in [-0.15, -0.1) is 0 Å². The second-order valence-electron chi connectivity index (χ2n) is 4.86. The highest BCUT2D eigenvalue weighted by Crippen LogP contribution is 2.17. The summed E-state index contributed by atoms with van der Waals surface area (Å²) in [6.07, 6.45) is 0. The second kappa shape index (κ2) is 7.28. The van der Waals surface area contributed by atoms with Crippen LogP contribution in [0, 0.1) is 12.8 Å². The third-order valence-corrected chi connectivity index (χ3v) is 3.14. The van der Waals surface area contributed by atoms with E-state index in [0.717, 1.165) is 10.0 Å². The summed E-state index contributed by atoms with van der Waals surface area (Å²) in [5.41, 5.74) is 1.60. The Bertz CT molecular complexity index is 473. The van der Waals surface area contributed by atoms with Crippen molar-refractivity contribution in [1.29, 1.82) is 0 Å². The molecule has 0 unspecified atom stereocenters. The van der Waals surface area contributed by atoms with Gasteiger partial charge >= 0.3 is 0 Å². The SMILES string of the molecule is Cc1ccc(C(=O)NCC(=O)NCC(C)C)c(Br)c1. The largest absolute Gasteiger partial charge is 0.354 e. The number of benzene rings is 1. The fourth-order valence-corrected chi connectivity index (χ4v) is 2.11. The maximum absolute atomic E-state index is 11.9. The van der Waals surface area contributed by atoms with E-state index in [1.54, 1.807) is 6.07 Å². The van der Waals surface area contributed by atoms with E-state index in [1.807, 2.05) is 32.9 Å². The molecule has 0 aliphatic heterocycles. The number of hydrogen-bond acceptors (Lipinski definition) is 2. The molecule has 0 aromatic heterocycles. The Balaban J connectivity index is 2.49. The molecular weight excluding hydrogens is 308 g/mol. The highest BCUT2D eigenvalue weighted by atomic mass is 79.9. The van der Waals surface area contributed by atoms with E-state index in [-0.39, 0.29) is 18.4 Å². The molecule has 0 saturated heterocycles. The van der Waals surface area contributed by atoms with Crippen molar-refractivity contribution < 1.29 is 9.59 Å². The van der Waals surface area contributed by atoms with E-state index in [1.165, 1.54) is 0 Å². The molecule has 2 N–H and O–H groups in total. The monoisotopic (exact) mass is 326 g/mol. The summed E-state index contributed by atoms with van der Waals surface area (Å²) in [6.45, 7) is 6.59. The van der Waals surface area contributed by atoms with Gasteiger partial charge in [0.05, 0.1) is 12.1 Å². The number of carbonyl (C=O) groups excluding carboxylic acids is 2. The number of hydrogen-bond donors (Lipinski definition) is 2. The lowest BCUT2D eigenvalue weighted by Gasteiger charge is -2.09. The van der Waals surface area contributed by atoms with Crippen LogP contribution in [0.4, 0.5) is 0 Å². The molecule has 0 spiro atoms. The lowest BCUT2D eigenvalue weighted by atomic mass is 10.1. The van der Waals surface area contributed by atoms with Gasteiger partial charge in [0.15, 0.2) is 0 Å². The highest BCUT2D eigenvalue weighted by Gasteiger charge is 2.11. The van der Waals surface area contributed by atoms with E-state index in [2.05, 4.69) is 26.6 Å². The molecule has 0 bridgehead atoms. The molecule has 0 fully saturated rings. The van der Waals surface area contributed by atoms with Crippen LogP contribution in [0.2, 0.25) is 0 Å². The van der Waals surface area contributed by atoms with Gasteiger partial charge < -0.3 is 10.6 Å². The van der Waals surface area contributed by atoms with Gasteiger partial charge in [-0.2, -0.15) is 0 Å². The minimum atomic E-state index is -0.258. The molecule has 0 aliphatic rings. The van der Waals surface area contributed by atoms with E-state index in [0.29, 0.717) is 18.0 Å². The zero-order valence-electron chi connectivity index (χ0n) is 11.4. The summed E-state index contributed by atoms with van der Waals surface area (Å²) in [5, 5.41) is 5.35. The van der Waals surface area contributed by atoms with Gasteiger partial charge in [-0.3, -0.25) is 9.59 Å². The van der Waals surface area contributed by atoms with E-state index in [9.17, 15) is 9.59 Å². The van der Waals surface area contributed by atoms with E-state index in [4.69, 9.17) is 0 Å². The summed E-state index contributed by atoms with van der Waals surface area (Å²) in [6, 6.07) is 5.47. The van der Waals surface area contributed by atoms with Crippen molar-refractivity contribution in [2.45, 2.75) is 20.8 Å². The Morgan fingerprint density at radius 2 is 1.95 bits per heavy atom. The summed E-state index contributed by atoms with van der Waals surface area (Å²) in [7, 11) is 0. The standard InChI is InChI=1S/C14H19BrN2O2/c1-9(2)7-16-13(18)8-17-14(19)11-5-4-10(3)6-12(11)15/h4-6,9H,7-8H2,1-3H3,(H,16,18)(H,17,19). The lowest BCUT2D eigenvalue weighted by molar-refractivity contribution is -0.120. The van der Waals surface area contributed by atoms with Crippen LogP contribution in [0.15, 0.2) is 22.7 Å². The van der Waals surface area contributed by atoms with E-state index >= 15 is 0 Å². The Hall–Kier alpha value is -1.36. The molecule has 5 heteroatoms. The first-order chi connectivity index (χ1) is 8.90. The van der Waals surface area contributed by atoms with Crippen molar-refractivity contribution in [2.24, 2.45) is 5.92 Å². The molecule has 0 atom stereocenters. The minimum Gasteiger partial charge on any atom is -0.354 e. The lowest BCUT2D eigenvalue weighted by Crippen LogP contribution is -2.38. The fraction of sp³-hybridized carbons (Fsp3) is 0.429. The molecule has 104 valence electrons. The number of carbonyl (C=O) groups is 2. The van der Waals surface area contributed by atoms with Gasteiger partial charge in [0.1, 0.15) is 0 Å². The summed E-state index contributed by atoms with van der Waals surface area (Å²) in [5.74, 6) is -0.0391. The van der Waals surface area contributed by atoms with Crippen LogP contribution >= 0.6 is 15.9 Å². The molecule has 2 amide bonds. The maximum atomic E-state index is 11.9. The molecule has 0 saturated carbocycles. The normalized spacial score (nSPS) is 10.4. The van der Waals surface area contributed by atoms with Crippen LogP contribution in [0.5, 0.6) is 0 Å². The van der Waals surface area contributed by atoms with Crippen LogP contribution < -0.4 is 10.6 Å². The number of halogens is 1. The average Bonchev–Trinajstić information content (AvgIpc) is 2.33. The maximum Gasteiger partial charge on any atom is 0.252 e. The first-order valence-electron chi connectivity index (χ1n) is 6.21. The first-order valence-corrected chi connectivity index (χ1v) is 7.00. The van der Waals surface area contributed by atoms with Gasteiger partial charge in [-0.05, 0) is 46.5 Å². The highest BCUT2D eigenvalue weighted by molar-refractivity contribution is 9.10. The van der Waals surface area contributed by atoms with Gasteiger partial charge in [-0.25, -0.2) is 0 Å². The topological polar surface area (TPSA) is 58.2 Å². The Morgan fingerprint density at radius 3 is 2.53 bits per heavy atom. The quantitative estimate of drug-likeness (QED) is 0.872. The molecule has 1 aromatic carbocycles. The van der Waals surface area contributed by atoms with Crippen LogP contribution in [0.25, 0.3) is 0 Å². The predicted molar refractivity (Wildman–Crippen MR) is 79.1 cm³/mol. The van der Waals surface area contributed by atoms with Crippen molar-refractivity contribution in [1.82, 2.24) is 10.6 Å². The van der Waals surface area contributed by atoms with Crippen LogP contribution in [0.3, 0.4) is 0 Å². The summed E-state index contributed by atoms with van der Waals surface area (Å²) >= 11 is 3.34. The minimum absolute atomic E-state index is 0.00807. The zero-order chi connectivity index (χ0) is 14.4. The smallest absolute Gasteiger partial charge is 0.252 e. The van der Waals surface area contributed by atoms with Gasteiger partial charge in [0.25, 0.3) is 5.91 Å². The Labute approximate surface area is 122 Å². The zero-order valence-corrected chi connectivity index (χ0v) is 13.0. The van der Waals surface area contributed by atoms with Crippen molar-refractivity contribution in [3.05, 3.63) is 33.8 Å². The van der Waals surface area contributed by atoms with Crippen molar-refractivity contribution in [2.75, 3.05) is 13.1 Å². The number of rotatable bonds is 5. The molecule has 0 aliphatic carbocycles. The molecule has 1 rings (SSSR count). The van der Waals surface area contributed by atoms with Crippen LogP contribution in [0.1, 0.15) is 29.8 Å². The van der Waals surface area contributed by atoms with Gasteiger partial charge in [-0.1, -0.05) is 19.9 Å². The number of nitrogens with one attached hydrogen (secondary N) is 2. The van der Waals surface area contributed by atoms with Crippen molar-refractivity contribution in [3.8, 4) is 0 Å². The van der Waals surface area contributed by atoms with Crippen LogP contribution in [-0.4, -0.2) is 24.9 Å². The van der Waals surface area contributed by atoms with E-state index < -0.39 is 0 Å². The summed E-state index contributed by atoms with van der Waals surface area (Å²) in [4.78, 5) is 23.4. The van der Waals surface area contributed by atoms with Crippen LogP contribution in [-0.2, 0) is 4.79 Å². The molecule has 19 heavy (non-hydrogen) atoms. The molecular formula is C14H19BrN2O2. The molecule has 4 nitrogen and oxygen atoms in total. The number of aryl methyl sites for hydroxylation is 1. The Kier molecular flexibility index (Phi) is 6.02. The molecule has 0 radical (unpaired) electrons. The third-order valence-electron chi connectivity index (χ3n) is 2.49. The first kappa shape index (κ1) is 15.7. The van der Waals surface area contributed by atoms with Gasteiger partial charge in [0.2, 0.25) is 5.91 Å².